The van der Waals surface area contributed by atoms with E-state index in [-0.39, 0.29) is 0 Å². The third-order valence-corrected chi connectivity index (χ3v) is 3.90. The molecule has 3 rings (SSSR count). The van der Waals surface area contributed by atoms with Gasteiger partial charge in [-0.25, -0.2) is 9.97 Å². The molecule has 0 amide bonds. The molecular weight excluding hydrogens is 294 g/mol. The van der Waals surface area contributed by atoms with Crippen LogP contribution >= 0.6 is 0 Å². The summed E-state index contributed by atoms with van der Waals surface area (Å²) in [6.45, 7) is 5.53. The molecule has 1 aliphatic rings. The minimum atomic E-state index is -0.857. The molecule has 2 aromatic rings. The van der Waals surface area contributed by atoms with E-state index in [0.29, 0.717) is 25.6 Å². The Kier molecular flexibility index (Phi) is 4.20. The fraction of sp³-hybridized carbons (Fsp3) is 0.375. The lowest BCUT2D eigenvalue weighted by Gasteiger charge is -2.31. The minimum Gasteiger partial charge on any atom is -0.480 e. The van der Waals surface area contributed by atoms with Crippen LogP contribution in [0.4, 0.5) is 5.95 Å². The lowest BCUT2D eigenvalue weighted by molar-refractivity contribution is -0.139. The largest absolute Gasteiger partial charge is 0.480 e. The van der Waals surface area contributed by atoms with E-state index in [2.05, 4.69) is 20.3 Å². The minimum absolute atomic E-state index is 0.351. The number of piperazine rings is 1. The SMILES string of the molecule is Cc1ccc(-c2ccnc(N3CCN[C@@H](C(=O)O)C3)n2)c(C)n1. The highest BCUT2D eigenvalue weighted by Crippen LogP contribution is 2.22. The molecule has 0 spiro atoms. The smallest absolute Gasteiger partial charge is 0.322 e. The van der Waals surface area contributed by atoms with Crippen molar-refractivity contribution in [3.8, 4) is 11.3 Å². The second-order valence-corrected chi connectivity index (χ2v) is 5.62. The van der Waals surface area contributed by atoms with E-state index >= 15 is 0 Å². The Morgan fingerprint density at radius 1 is 1.30 bits per heavy atom. The Morgan fingerprint density at radius 2 is 2.13 bits per heavy atom. The van der Waals surface area contributed by atoms with E-state index < -0.39 is 12.0 Å². The van der Waals surface area contributed by atoms with Gasteiger partial charge in [0.15, 0.2) is 0 Å². The summed E-state index contributed by atoms with van der Waals surface area (Å²) in [4.78, 5) is 26.4. The second-order valence-electron chi connectivity index (χ2n) is 5.62. The number of nitrogens with zero attached hydrogens (tertiary/aromatic N) is 4. The number of pyridine rings is 1. The van der Waals surface area contributed by atoms with Crippen molar-refractivity contribution in [3.63, 3.8) is 0 Å². The maximum Gasteiger partial charge on any atom is 0.322 e. The lowest BCUT2D eigenvalue weighted by atomic mass is 10.1. The van der Waals surface area contributed by atoms with Crippen LogP contribution in [-0.4, -0.2) is 51.7 Å². The summed E-state index contributed by atoms with van der Waals surface area (Å²) in [5.74, 6) is -0.306. The van der Waals surface area contributed by atoms with Gasteiger partial charge in [-0.2, -0.15) is 0 Å². The number of aryl methyl sites for hydroxylation is 2. The number of carboxylic acid groups (broad SMARTS) is 1. The molecule has 1 saturated heterocycles. The number of anilines is 1. The molecule has 1 fully saturated rings. The van der Waals surface area contributed by atoms with Crippen molar-refractivity contribution >= 4 is 11.9 Å². The molecule has 2 aromatic heterocycles. The highest BCUT2D eigenvalue weighted by Gasteiger charge is 2.26. The number of hydrogen-bond acceptors (Lipinski definition) is 6. The van der Waals surface area contributed by atoms with E-state index in [0.717, 1.165) is 22.6 Å². The molecule has 2 N–H and O–H groups in total. The lowest BCUT2D eigenvalue weighted by Crippen LogP contribution is -2.54. The summed E-state index contributed by atoms with van der Waals surface area (Å²) in [6, 6.07) is 5.20. The van der Waals surface area contributed by atoms with Crippen LogP contribution in [0.15, 0.2) is 24.4 Å². The Labute approximate surface area is 134 Å². The summed E-state index contributed by atoms with van der Waals surface area (Å²) in [5.41, 5.74) is 3.64. The van der Waals surface area contributed by atoms with Crippen molar-refractivity contribution < 1.29 is 9.90 Å². The highest BCUT2D eigenvalue weighted by molar-refractivity contribution is 5.74. The van der Waals surface area contributed by atoms with Crippen LogP contribution < -0.4 is 10.2 Å². The third kappa shape index (κ3) is 3.29. The number of aliphatic carboxylic acids is 1. The molecule has 0 aromatic carbocycles. The summed E-state index contributed by atoms with van der Waals surface area (Å²) < 4.78 is 0. The van der Waals surface area contributed by atoms with E-state index in [1.54, 1.807) is 6.20 Å². The van der Waals surface area contributed by atoms with Gasteiger partial charge in [0.25, 0.3) is 0 Å². The van der Waals surface area contributed by atoms with Gasteiger partial charge in [0.05, 0.1) is 5.69 Å². The monoisotopic (exact) mass is 313 g/mol. The number of nitrogens with one attached hydrogen (secondary N) is 1. The highest BCUT2D eigenvalue weighted by atomic mass is 16.4. The Hall–Kier alpha value is -2.54. The quantitative estimate of drug-likeness (QED) is 0.874. The Bertz CT molecular complexity index is 734. The van der Waals surface area contributed by atoms with Gasteiger partial charge in [0, 0.05) is 42.8 Å². The molecule has 7 nitrogen and oxygen atoms in total. The van der Waals surface area contributed by atoms with Crippen LogP contribution in [0.5, 0.6) is 0 Å². The maximum absolute atomic E-state index is 11.2. The zero-order chi connectivity index (χ0) is 16.4. The van der Waals surface area contributed by atoms with Crippen molar-refractivity contribution in [3.05, 3.63) is 35.8 Å². The van der Waals surface area contributed by atoms with Crippen LogP contribution in [0.2, 0.25) is 0 Å². The summed E-state index contributed by atoms with van der Waals surface area (Å²) >= 11 is 0. The average molecular weight is 313 g/mol. The molecule has 0 radical (unpaired) electrons. The predicted octanol–water partition coefficient (Wildman–Crippen LogP) is 1.02. The van der Waals surface area contributed by atoms with Crippen molar-refractivity contribution in [2.75, 3.05) is 24.5 Å². The number of carbonyl (C=O) groups is 1. The molecule has 3 heterocycles. The molecule has 0 unspecified atom stereocenters. The van der Waals surface area contributed by atoms with Crippen LogP contribution in [0.25, 0.3) is 11.3 Å². The van der Waals surface area contributed by atoms with Gasteiger partial charge in [-0.1, -0.05) is 0 Å². The fourth-order valence-electron chi connectivity index (χ4n) is 2.71. The summed E-state index contributed by atoms with van der Waals surface area (Å²) in [7, 11) is 0. The molecule has 23 heavy (non-hydrogen) atoms. The van der Waals surface area contributed by atoms with Crippen LogP contribution in [-0.2, 0) is 4.79 Å². The summed E-state index contributed by atoms with van der Waals surface area (Å²) in [6.07, 6.45) is 1.70. The number of rotatable bonds is 3. The molecular formula is C16H19N5O2. The zero-order valence-electron chi connectivity index (χ0n) is 13.2. The van der Waals surface area contributed by atoms with Gasteiger partial charge in [-0.3, -0.25) is 9.78 Å². The first-order valence-electron chi connectivity index (χ1n) is 7.53. The Morgan fingerprint density at radius 3 is 2.87 bits per heavy atom. The summed E-state index contributed by atoms with van der Waals surface area (Å²) in [5, 5.41) is 12.1. The van der Waals surface area contributed by atoms with Crippen molar-refractivity contribution in [2.24, 2.45) is 0 Å². The maximum atomic E-state index is 11.2. The normalized spacial score (nSPS) is 18.0. The van der Waals surface area contributed by atoms with Crippen LogP contribution in [0.3, 0.4) is 0 Å². The fourth-order valence-corrected chi connectivity index (χ4v) is 2.71. The van der Waals surface area contributed by atoms with Gasteiger partial charge in [0.1, 0.15) is 6.04 Å². The van der Waals surface area contributed by atoms with Crippen molar-refractivity contribution in [1.29, 1.82) is 0 Å². The second kappa shape index (κ2) is 6.29. The molecule has 1 atom stereocenters. The standard InChI is InChI=1S/C16H19N5O2/c1-10-3-4-12(11(2)19-10)13-5-6-18-16(20-13)21-8-7-17-14(9-21)15(22)23/h3-6,14,17H,7-9H2,1-2H3,(H,22,23)/t14-/m1/s1. The molecule has 0 bridgehead atoms. The van der Waals surface area contributed by atoms with Gasteiger partial charge in [-0.05, 0) is 32.0 Å². The van der Waals surface area contributed by atoms with Crippen molar-refractivity contribution in [2.45, 2.75) is 19.9 Å². The third-order valence-electron chi connectivity index (χ3n) is 3.90. The van der Waals surface area contributed by atoms with Crippen LogP contribution in [0.1, 0.15) is 11.4 Å². The van der Waals surface area contributed by atoms with E-state index in [1.165, 1.54) is 0 Å². The molecule has 7 heteroatoms. The average Bonchev–Trinajstić information content (AvgIpc) is 2.55. The molecule has 120 valence electrons. The molecule has 0 saturated carbocycles. The Balaban J connectivity index is 1.89. The first kappa shape index (κ1) is 15.4. The molecule has 1 aliphatic heterocycles. The first-order valence-corrected chi connectivity index (χ1v) is 7.53. The number of carboxylic acids is 1. The van der Waals surface area contributed by atoms with Gasteiger partial charge >= 0.3 is 5.97 Å². The number of aromatic nitrogens is 3. The predicted molar refractivity (Wildman–Crippen MR) is 86.4 cm³/mol. The van der Waals surface area contributed by atoms with Gasteiger partial charge in [0.2, 0.25) is 5.95 Å². The van der Waals surface area contributed by atoms with E-state index in [1.807, 2.05) is 36.9 Å². The van der Waals surface area contributed by atoms with Gasteiger partial charge < -0.3 is 15.3 Å². The van der Waals surface area contributed by atoms with E-state index in [4.69, 9.17) is 5.11 Å². The topological polar surface area (TPSA) is 91.2 Å². The van der Waals surface area contributed by atoms with Crippen molar-refractivity contribution in [1.82, 2.24) is 20.3 Å². The van der Waals surface area contributed by atoms with Gasteiger partial charge in [-0.15, -0.1) is 0 Å². The first-order chi connectivity index (χ1) is 11.0. The zero-order valence-corrected chi connectivity index (χ0v) is 13.2. The van der Waals surface area contributed by atoms with E-state index in [9.17, 15) is 4.79 Å². The molecule has 0 aliphatic carbocycles. The number of hydrogen-bond donors (Lipinski definition) is 2. The van der Waals surface area contributed by atoms with Crippen LogP contribution in [0, 0.1) is 13.8 Å².